The summed E-state index contributed by atoms with van der Waals surface area (Å²) in [5, 5.41) is 5.73. The second-order valence-electron chi connectivity index (χ2n) is 6.31. The Labute approximate surface area is 158 Å². The number of imidazole rings is 1. The van der Waals surface area contributed by atoms with Crippen LogP contribution < -0.4 is 10.6 Å². The molecule has 0 fully saturated rings. The quantitative estimate of drug-likeness (QED) is 0.707. The maximum absolute atomic E-state index is 12.7. The first-order valence-electron chi connectivity index (χ1n) is 8.74. The Kier molecular flexibility index (Phi) is 5.66. The number of nitrogens with zero attached hydrogens (tertiary/aromatic N) is 2. The van der Waals surface area contributed by atoms with Gasteiger partial charge in [0.15, 0.2) is 0 Å². The lowest BCUT2D eigenvalue weighted by molar-refractivity contribution is -0.123. The zero-order chi connectivity index (χ0) is 19.2. The second-order valence-corrected chi connectivity index (χ2v) is 6.31. The summed E-state index contributed by atoms with van der Waals surface area (Å²) < 4.78 is 1.87. The van der Waals surface area contributed by atoms with Crippen LogP contribution in [0.2, 0.25) is 0 Å². The van der Waals surface area contributed by atoms with Gasteiger partial charge in [-0.1, -0.05) is 48.5 Å². The highest BCUT2D eigenvalue weighted by molar-refractivity contribution is 5.97. The molecule has 2 N–H and O–H groups in total. The molecule has 6 nitrogen and oxygen atoms in total. The average molecular weight is 362 g/mol. The summed E-state index contributed by atoms with van der Waals surface area (Å²) in [6.07, 6.45) is 3.52. The third-order valence-corrected chi connectivity index (χ3v) is 4.31. The number of hydrogen-bond acceptors (Lipinski definition) is 3. The summed E-state index contributed by atoms with van der Waals surface area (Å²) in [6.45, 7) is 1.66. The molecule has 6 heteroatoms. The van der Waals surface area contributed by atoms with Crippen molar-refractivity contribution >= 4 is 11.8 Å². The topological polar surface area (TPSA) is 76.0 Å². The molecule has 2 aromatic carbocycles. The molecule has 2 atom stereocenters. The van der Waals surface area contributed by atoms with E-state index in [1.165, 1.54) is 0 Å². The molecule has 0 aliphatic heterocycles. The van der Waals surface area contributed by atoms with Crippen LogP contribution in [-0.4, -0.2) is 27.4 Å². The summed E-state index contributed by atoms with van der Waals surface area (Å²) in [7, 11) is 1.88. The molecule has 0 saturated heterocycles. The smallest absolute Gasteiger partial charge is 0.251 e. The van der Waals surface area contributed by atoms with Gasteiger partial charge in [-0.2, -0.15) is 0 Å². The first-order valence-corrected chi connectivity index (χ1v) is 8.74. The highest BCUT2D eigenvalue weighted by Crippen LogP contribution is 2.20. The van der Waals surface area contributed by atoms with Crippen molar-refractivity contribution < 1.29 is 9.59 Å². The van der Waals surface area contributed by atoms with Gasteiger partial charge in [0, 0.05) is 25.0 Å². The predicted octanol–water partition coefficient (Wildman–Crippen LogP) is 2.44. The van der Waals surface area contributed by atoms with Crippen LogP contribution in [-0.2, 0) is 11.8 Å². The molecule has 3 rings (SSSR count). The molecule has 2 amide bonds. The van der Waals surface area contributed by atoms with Crippen LogP contribution in [0.15, 0.2) is 73.1 Å². The van der Waals surface area contributed by atoms with Gasteiger partial charge in [-0.05, 0) is 24.6 Å². The molecule has 1 aromatic heterocycles. The van der Waals surface area contributed by atoms with Crippen LogP contribution in [0.25, 0.3) is 0 Å². The van der Waals surface area contributed by atoms with Crippen molar-refractivity contribution in [1.29, 1.82) is 0 Å². The Morgan fingerprint density at radius 1 is 0.963 bits per heavy atom. The summed E-state index contributed by atoms with van der Waals surface area (Å²) in [5.74, 6) is 0.152. The summed E-state index contributed by atoms with van der Waals surface area (Å²) >= 11 is 0. The number of amides is 2. The van der Waals surface area contributed by atoms with Gasteiger partial charge in [0.25, 0.3) is 5.91 Å². The number of carbonyl (C=O) groups is 2. The minimum Gasteiger partial charge on any atom is -0.341 e. The molecule has 1 heterocycles. The minimum atomic E-state index is -0.691. The van der Waals surface area contributed by atoms with Gasteiger partial charge in [-0.3, -0.25) is 9.59 Å². The molecule has 138 valence electrons. The Bertz CT molecular complexity index is 906. The van der Waals surface area contributed by atoms with Crippen LogP contribution in [0.1, 0.15) is 34.7 Å². The molecule has 0 bridgehead atoms. The van der Waals surface area contributed by atoms with Crippen molar-refractivity contribution in [2.24, 2.45) is 7.05 Å². The molecule has 0 saturated carbocycles. The lowest BCUT2D eigenvalue weighted by Crippen LogP contribution is -2.46. The van der Waals surface area contributed by atoms with E-state index in [0.717, 1.165) is 11.4 Å². The van der Waals surface area contributed by atoms with E-state index in [-0.39, 0.29) is 11.8 Å². The van der Waals surface area contributed by atoms with E-state index in [1.807, 2.05) is 54.2 Å². The summed E-state index contributed by atoms with van der Waals surface area (Å²) in [6, 6.07) is 17.3. The monoisotopic (exact) mass is 362 g/mol. The standard InChI is InChI=1S/C21H22N4O2/c1-15(23-21(27)17-11-7-4-8-12-17)20(26)24-18(16-9-5-3-6-10-16)19-22-13-14-25(19)2/h3-15,18H,1-2H3,(H,23,27)(H,24,26)/t15-,18+/m1/s1. The van der Waals surface area contributed by atoms with E-state index in [4.69, 9.17) is 0 Å². The lowest BCUT2D eigenvalue weighted by atomic mass is 10.1. The molecular weight excluding hydrogens is 340 g/mol. The van der Waals surface area contributed by atoms with Crippen LogP contribution in [0.5, 0.6) is 0 Å². The van der Waals surface area contributed by atoms with Crippen LogP contribution >= 0.6 is 0 Å². The van der Waals surface area contributed by atoms with Gasteiger partial charge < -0.3 is 15.2 Å². The van der Waals surface area contributed by atoms with E-state index < -0.39 is 12.1 Å². The minimum absolute atomic E-state index is 0.281. The van der Waals surface area contributed by atoms with Crippen molar-refractivity contribution in [2.75, 3.05) is 0 Å². The van der Waals surface area contributed by atoms with Crippen molar-refractivity contribution in [2.45, 2.75) is 19.0 Å². The Morgan fingerprint density at radius 2 is 1.59 bits per heavy atom. The molecule has 0 aliphatic carbocycles. The van der Waals surface area contributed by atoms with Gasteiger partial charge in [0.05, 0.1) is 0 Å². The molecule has 0 aliphatic rings. The molecule has 0 spiro atoms. The Balaban J connectivity index is 1.74. The van der Waals surface area contributed by atoms with Crippen LogP contribution in [0.4, 0.5) is 0 Å². The maximum atomic E-state index is 12.7. The predicted molar refractivity (Wildman–Crippen MR) is 103 cm³/mol. The van der Waals surface area contributed by atoms with Gasteiger partial charge in [-0.15, -0.1) is 0 Å². The van der Waals surface area contributed by atoms with E-state index >= 15 is 0 Å². The van der Waals surface area contributed by atoms with Crippen molar-refractivity contribution in [3.8, 4) is 0 Å². The highest BCUT2D eigenvalue weighted by atomic mass is 16.2. The summed E-state index contributed by atoms with van der Waals surface area (Å²) in [5.41, 5.74) is 1.43. The Morgan fingerprint density at radius 3 is 2.19 bits per heavy atom. The average Bonchev–Trinajstić information content (AvgIpc) is 3.12. The Hall–Kier alpha value is -3.41. The van der Waals surface area contributed by atoms with Gasteiger partial charge in [0.2, 0.25) is 5.91 Å². The molecule has 0 unspecified atom stereocenters. The zero-order valence-electron chi connectivity index (χ0n) is 15.3. The van der Waals surface area contributed by atoms with Gasteiger partial charge >= 0.3 is 0 Å². The fraction of sp³-hybridized carbons (Fsp3) is 0.190. The third-order valence-electron chi connectivity index (χ3n) is 4.31. The normalized spacial score (nSPS) is 12.8. The summed E-state index contributed by atoms with van der Waals surface area (Å²) in [4.78, 5) is 29.4. The first-order chi connectivity index (χ1) is 13.1. The van der Waals surface area contributed by atoms with E-state index in [0.29, 0.717) is 5.56 Å². The molecule has 0 radical (unpaired) electrons. The number of aromatic nitrogens is 2. The van der Waals surface area contributed by atoms with E-state index in [1.54, 1.807) is 37.4 Å². The number of carbonyl (C=O) groups excluding carboxylic acids is 2. The first kappa shape index (κ1) is 18.4. The molecule has 3 aromatic rings. The SMILES string of the molecule is C[C@@H](NC(=O)c1ccccc1)C(=O)N[C@@H](c1ccccc1)c1nccn1C. The molecule has 27 heavy (non-hydrogen) atoms. The lowest BCUT2D eigenvalue weighted by Gasteiger charge is -2.22. The molecular formula is C21H22N4O2. The van der Waals surface area contributed by atoms with E-state index in [2.05, 4.69) is 15.6 Å². The maximum Gasteiger partial charge on any atom is 0.251 e. The fourth-order valence-electron chi connectivity index (χ4n) is 2.80. The third kappa shape index (κ3) is 4.41. The van der Waals surface area contributed by atoms with Gasteiger partial charge in [-0.25, -0.2) is 4.98 Å². The number of aryl methyl sites for hydroxylation is 1. The number of rotatable bonds is 6. The van der Waals surface area contributed by atoms with Crippen molar-refractivity contribution in [1.82, 2.24) is 20.2 Å². The van der Waals surface area contributed by atoms with Crippen molar-refractivity contribution in [3.63, 3.8) is 0 Å². The van der Waals surface area contributed by atoms with Crippen LogP contribution in [0.3, 0.4) is 0 Å². The van der Waals surface area contributed by atoms with Gasteiger partial charge in [0.1, 0.15) is 17.9 Å². The second kappa shape index (κ2) is 8.31. The van der Waals surface area contributed by atoms with E-state index in [9.17, 15) is 9.59 Å². The number of hydrogen-bond donors (Lipinski definition) is 2. The largest absolute Gasteiger partial charge is 0.341 e. The fourth-order valence-corrected chi connectivity index (χ4v) is 2.80. The number of benzene rings is 2. The highest BCUT2D eigenvalue weighted by Gasteiger charge is 2.24. The number of nitrogens with one attached hydrogen (secondary N) is 2. The van der Waals surface area contributed by atoms with Crippen molar-refractivity contribution in [3.05, 3.63) is 90.0 Å². The van der Waals surface area contributed by atoms with Crippen LogP contribution in [0, 0.1) is 0 Å². The zero-order valence-corrected chi connectivity index (χ0v) is 15.3.